The van der Waals surface area contributed by atoms with Crippen LogP contribution in [-0.4, -0.2) is 31.1 Å². The average molecular weight is 311 g/mol. The van der Waals surface area contributed by atoms with Gasteiger partial charge in [-0.3, -0.25) is 4.99 Å². The summed E-state index contributed by atoms with van der Waals surface area (Å²) in [5, 5.41) is 7.92. The van der Waals surface area contributed by atoms with E-state index in [0.717, 1.165) is 37.1 Å². The number of unbranched alkanes of at least 4 members (excludes halogenated alkanes) is 1. The molecule has 5 heteroatoms. The number of aromatic nitrogens is 1. The Morgan fingerprint density at radius 2 is 1.90 bits per heavy atom. The Hall–Kier alpha value is -1.10. The topological polar surface area (TPSA) is 49.3 Å². The molecule has 0 unspecified atom stereocenters. The van der Waals surface area contributed by atoms with Crippen LogP contribution in [0.25, 0.3) is 0 Å². The van der Waals surface area contributed by atoms with Gasteiger partial charge in [0.2, 0.25) is 0 Å². The van der Waals surface area contributed by atoms with Crippen molar-refractivity contribution in [3.63, 3.8) is 0 Å². The molecule has 0 radical (unpaired) electrons. The number of thiazole rings is 1. The van der Waals surface area contributed by atoms with Crippen LogP contribution in [0.3, 0.4) is 0 Å². The highest BCUT2D eigenvalue weighted by atomic mass is 32.1. The van der Waals surface area contributed by atoms with Crippen molar-refractivity contribution in [2.24, 2.45) is 10.9 Å². The van der Waals surface area contributed by atoms with Gasteiger partial charge in [-0.2, -0.15) is 0 Å². The number of nitrogens with zero attached hydrogens (tertiary/aromatic N) is 2. The van der Waals surface area contributed by atoms with Gasteiger partial charge in [0, 0.05) is 31.4 Å². The summed E-state index contributed by atoms with van der Waals surface area (Å²) in [4.78, 5) is 10.1. The molecule has 1 rings (SSSR count). The minimum absolute atomic E-state index is 0.799. The second kappa shape index (κ2) is 9.77. The van der Waals surface area contributed by atoms with Gasteiger partial charge < -0.3 is 10.6 Å². The molecule has 21 heavy (non-hydrogen) atoms. The van der Waals surface area contributed by atoms with Crippen LogP contribution < -0.4 is 10.6 Å². The zero-order valence-corrected chi connectivity index (χ0v) is 14.9. The van der Waals surface area contributed by atoms with Crippen molar-refractivity contribution in [2.75, 3.05) is 20.1 Å². The monoisotopic (exact) mass is 310 g/mol. The maximum atomic E-state index is 4.55. The molecule has 0 amide bonds. The highest BCUT2D eigenvalue weighted by molar-refractivity contribution is 7.11. The van der Waals surface area contributed by atoms with E-state index < -0.39 is 0 Å². The maximum Gasteiger partial charge on any atom is 0.190 e. The summed E-state index contributed by atoms with van der Waals surface area (Å²) in [6.45, 7) is 10.6. The second-order valence-corrected chi connectivity index (χ2v) is 7.10. The molecule has 0 saturated carbocycles. The summed E-state index contributed by atoms with van der Waals surface area (Å²) in [5.74, 6) is 1.69. The van der Waals surface area contributed by atoms with E-state index in [0.29, 0.717) is 0 Å². The predicted molar refractivity (Wildman–Crippen MR) is 93.3 cm³/mol. The van der Waals surface area contributed by atoms with Gasteiger partial charge in [0.1, 0.15) is 0 Å². The van der Waals surface area contributed by atoms with Gasteiger partial charge in [-0.15, -0.1) is 11.3 Å². The van der Waals surface area contributed by atoms with Crippen LogP contribution in [0.5, 0.6) is 0 Å². The molecule has 1 heterocycles. The van der Waals surface area contributed by atoms with Crippen molar-refractivity contribution < 1.29 is 0 Å². The largest absolute Gasteiger partial charge is 0.356 e. The van der Waals surface area contributed by atoms with Crippen LogP contribution in [0, 0.1) is 19.8 Å². The zero-order chi connectivity index (χ0) is 15.7. The number of hydrogen-bond donors (Lipinski definition) is 2. The number of hydrogen-bond acceptors (Lipinski definition) is 3. The van der Waals surface area contributed by atoms with Gasteiger partial charge >= 0.3 is 0 Å². The summed E-state index contributed by atoms with van der Waals surface area (Å²) in [6.07, 6.45) is 4.73. The van der Waals surface area contributed by atoms with Crippen LogP contribution in [-0.2, 0) is 6.42 Å². The number of aliphatic imine (C=N–C) groups is 1. The van der Waals surface area contributed by atoms with Gasteiger partial charge in [-0.05, 0) is 26.2 Å². The SMILES string of the molecule is CN=C(NCCCCC(C)C)NCCc1nc(C)c(C)s1. The van der Waals surface area contributed by atoms with Gasteiger partial charge in [-0.1, -0.05) is 26.7 Å². The van der Waals surface area contributed by atoms with E-state index in [1.165, 1.54) is 29.1 Å². The molecule has 0 aliphatic heterocycles. The first-order valence-electron chi connectivity index (χ1n) is 7.90. The van der Waals surface area contributed by atoms with Gasteiger partial charge in [0.05, 0.1) is 10.7 Å². The summed E-state index contributed by atoms with van der Waals surface area (Å²) in [5.41, 5.74) is 1.16. The smallest absolute Gasteiger partial charge is 0.190 e. The normalized spacial score (nSPS) is 12.0. The molecule has 0 saturated heterocycles. The third-order valence-electron chi connectivity index (χ3n) is 3.43. The summed E-state index contributed by atoms with van der Waals surface area (Å²) in [7, 11) is 1.82. The molecular weight excluding hydrogens is 280 g/mol. The fraction of sp³-hybridized carbons (Fsp3) is 0.750. The third-order valence-corrected chi connectivity index (χ3v) is 4.56. The van der Waals surface area contributed by atoms with E-state index in [-0.39, 0.29) is 0 Å². The molecule has 2 N–H and O–H groups in total. The average Bonchev–Trinajstić information content (AvgIpc) is 2.75. The molecule has 0 atom stereocenters. The van der Waals surface area contributed by atoms with E-state index in [1.54, 1.807) is 11.3 Å². The fourth-order valence-electron chi connectivity index (χ4n) is 2.04. The van der Waals surface area contributed by atoms with Crippen LogP contribution in [0.15, 0.2) is 4.99 Å². The van der Waals surface area contributed by atoms with Gasteiger partial charge in [-0.25, -0.2) is 4.98 Å². The zero-order valence-electron chi connectivity index (χ0n) is 14.1. The lowest BCUT2D eigenvalue weighted by Crippen LogP contribution is -2.38. The summed E-state index contributed by atoms with van der Waals surface area (Å²) < 4.78 is 0. The molecule has 4 nitrogen and oxygen atoms in total. The van der Waals surface area contributed by atoms with Gasteiger partial charge in [0.25, 0.3) is 0 Å². The molecule has 0 aliphatic carbocycles. The quantitative estimate of drug-likeness (QED) is 0.440. The fourth-order valence-corrected chi connectivity index (χ4v) is 2.97. The molecule has 0 fully saturated rings. The second-order valence-electron chi connectivity index (χ2n) is 5.81. The Bertz CT molecular complexity index is 418. The van der Waals surface area contributed by atoms with Crippen molar-refractivity contribution in [3.8, 4) is 0 Å². The molecule has 0 bridgehead atoms. The first-order chi connectivity index (χ1) is 10.0. The number of aryl methyl sites for hydroxylation is 2. The molecule has 1 aromatic rings. The van der Waals surface area contributed by atoms with Crippen molar-refractivity contribution >= 4 is 17.3 Å². The molecule has 0 aromatic carbocycles. The maximum absolute atomic E-state index is 4.55. The minimum Gasteiger partial charge on any atom is -0.356 e. The number of nitrogens with one attached hydrogen (secondary N) is 2. The Balaban J connectivity index is 2.16. The van der Waals surface area contributed by atoms with Crippen molar-refractivity contribution in [2.45, 2.75) is 53.4 Å². The predicted octanol–water partition coefficient (Wildman–Crippen LogP) is 3.29. The lowest BCUT2D eigenvalue weighted by Gasteiger charge is -2.11. The highest BCUT2D eigenvalue weighted by Gasteiger charge is 2.04. The highest BCUT2D eigenvalue weighted by Crippen LogP contribution is 2.16. The molecule has 0 spiro atoms. The lowest BCUT2D eigenvalue weighted by molar-refractivity contribution is 0.534. The number of rotatable bonds is 8. The molecule has 0 aliphatic rings. The van der Waals surface area contributed by atoms with Crippen molar-refractivity contribution in [1.29, 1.82) is 0 Å². The van der Waals surface area contributed by atoms with E-state index in [1.807, 2.05) is 7.05 Å². The minimum atomic E-state index is 0.799. The van der Waals surface area contributed by atoms with Crippen LogP contribution in [0.1, 0.15) is 48.7 Å². The van der Waals surface area contributed by atoms with E-state index in [4.69, 9.17) is 0 Å². The van der Waals surface area contributed by atoms with Crippen LogP contribution in [0.2, 0.25) is 0 Å². The third kappa shape index (κ3) is 7.46. The lowest BCUT2D eigenvalue weighted by atomic mass is 10.1. The first kappa shape index (κ1) is 18.0. The summed E-state index contributed by atoms with van der Waals surface area (Å²) in [6, 6.07) is 0. The molecular formula is C16H30N4S. The number of guanidine groups is 1. The van der Waals surface area contributed by atoms with E-state index in [9.17, 15) is 0 Å². The Kier molecular flexibility index (Phi) is 8.35. The Labute approximate surface area is 133 Å². The Morgan fingerprint density at radius 3 is 2.48 bits per heavy atom. The van der Waals surface area contributed by atoms with Gasteiger partial charge in [0.15, 0.2) is 5.96 Å². The van der Waals surface area contributed by atoms with Crippen LogP contribution >= 0.6 is 11.3 Å². The van der Waals surface area contributed by atoms with Crippen LogP contribution in [0.4, 0.5) is 0 Å². The summed E-state index contributed by atoms with van der Waals surface area (Å²) >= 11 is 1.79. The van der Waals surface area contributed by atoms with E-state index in [2.05, 4.69) is 48.3 Å². The molecule has 120 valence electrons. The standard InChI is InChI=1S/C16H30N4S/c1-12(2)8-6-7-10-18-16(17-5)19-11-9-15-20-13(3)14(4)21-15/h12H,6-11H2,1-5H3,(H2,17,18,19). The first-order valence-corrected chi connectivity index (χ1v) is 8.72. The van der Waals surface area contributed by atoms with Crippen molar-refractivity contribution in [1.82, 2.24) is 15.6 Å². The molecule has 1 aromatic heterocycles. The van der Waals surface area contributed by atoms with Crippen molar-refractivity contribution in [3.05, 3.63) is 15.6 Å². The Morgan fingerprint density at radius 1 is 1.19 bits per heavy atom. The van der Waals surface area contributed by atoms with E-state index >= 15 is 0 Å².